The Morgan fingerprint density at radius 1 is 1.26 bits per heavy atom. The number of hydrogen-bond acceptors (Lipinski definition) is 4. The van der Waals surface area contributed by atoms with Gasteiger partial charge in [0.25, 0.3) is 0 Å². The highest BCUT2D eigenvalue weighted by Crippen LogP contribution is 2.15. The number of rotatable bonds is 4. The number of hydrogen-bond donors (Lipinski definition) is 2. The van der Waals surface area contributed by atoms with E-state index in [-0.39, 0.29) is 11.8 Å². The lowest BCUT2D eigenvalue weighted by molar-refractivity contribution is -0.138. The summed E-state index contributed by atoms with van der Waals surface area (Å²) >= 11 is 0. The lowest BCUT2D eigenvalue weighted by atomic mass is 10.00. The minimum absolute atomic E-state index is 0.0931. The van der Waals surface area contributed by atoms with Crippen molar-refractivity contribution < 1.29 is 9.59 Å². The molecule has 0 radical (unpaired) electrons. The van der Waals surface area contributed by atoms with Crippen LogP contribution >= 0.6 is 0 Å². The third kappa shape index (κ3) is 3.91. The van der Waals surface area contributed by atoms with Crippen molar-refractivity contribution in [1.29, 1.82) is 0 Å². The van der Waals surface area contributed by atoms with Crippen molar-refractivity contribution in [3.8, 4) is 0 Å². The fourth-order valence-electron chi connectivity index (χ4n) is 2.19. The van der Waals surface area contributed by atoms with Crippen LogP contribution in [0.25, 0.3) is 0 Å². The monoisotopic (exact) mass is 270 g/mol. The van der Waals surface area contributed by atoms with Gasteiger partial charge >= 0.3 is 0 Å². The summed E-state index contributed by atoms with van der Waals surface area (Å²) < 4.78 is 0. The van der Waals surface area contributed by atoms with Crippen LogP contribution in [0.2, 0.25) is 0 Å². The molecule has 1 aliphatic heterocycles. The van der Waals surface area contributed by atoms with Crippen LogP contribution in [0.15, 0.2) is 0 Å². The Bertz CT molecular complexity index is 336. The van der Waals surface area contributed by atoms with E-state index in [0.29, 0.717) is 0 Å². The fourth-order valence-corrected chi connectivity index (χ4v) is 2.19. The van der Waals surface area contributed by atoms with Crippen LogP contribution < -0.4 is 10.6 Å². The van der Waals surface area contributed by atoms with Gasteiger partial charge in [-0.25, -0.2) is 0 Å². The molecular formula is C13H26N4O2. The van der Waals surface area contributed by atoms with Gasteiger partial charge in [-0.2, -0.15) is 0 Å². The molecule has 1 aliphatic rings. The van der Waals surface area contributed by atoms with E-state index in [9.17, 15) is 9.59 Å². The van der Waals surface area contributed by atoms with E-state index in [2.05, 4.69) is 15.5 Å². The average Bonchev–Trinajstić information content (AvgIpc) is 2.38. The van der Waals surface area contributed by atoms with Crippen LogP contribution in [0.3, 0.4) is 0 Å². The third-order valence-electron chi connectivity index (χ3n) is 3.62. The number of piperazine rings is 1. The van der Waals surface area contributed by atoms with Crippen molar-refractivity contribution in [3.63, 3.8) is 0 Å². The van der Waals surface area contributed by atoms with E-state index in [0.717, 1.165) is 26.2 Å². The summed E-state index contributed by atoms with van der Waals surface area (Å²) in [5.74, 6) is -0.193. The summed E-state index contributed by atoms with van der Waals surface area (Å²) in [5, 5.41) is 6.07. The zero-order valence-corrected chi connectivity index (χ0v) is 12.6. The molecule has 110 valence electrons. The maximum atomic E-state index is 12.4. The van der Waals surface area contributed by atoms with Gasteiger partial charge in [-0.3, -0.25) is 14.5 Å². The molecule has 0 aromatic heterocycles. The Kier molecular flexibility index (Phi) is 5.31. The van der Waals surface area contributed by atoms with E-state index in [1.165, 1.54) is 4.90 Å². The molecule has 1 rings (SSSR count). The van der Waals surface area contributed by atoms with Crippen LogP contribution in [0.1, 0.15) is 20.8 Å². The van der Waals surface area contributed by atoms with Gasteiger partial charge in [0.2, 0.25) is 11.8 Å². The fraction of sp³-hybridized carbons (Fsp3) is 0.846. The number of likely N-dealkylation sites (N-methyl/N-ethyl adjacent to an activating group) is 1. The lowest BCUT2D eigenvalue weighted by Crippen LogP contribution is -2.61. The molecule has 0 aromatic carbocycles. The van der Waals surface area contributed by atoms with Gasteiger partial charge in [0.1, 0.15) is 6.04 Å². The minimum atomic E-state index is -0.594. The molecule has 6 nitrogen and oxygen atoms in total. The molecule has 0 aromatic rings. The topological polar surface area (TPSA) is 64.7 Å². The van der Waals surface area contributed by atoms with Crippen molar-refractivity contribution in [2.45, 2.75) is 32.4 Å². The molecule has 0 saturated carbocycles. The summed E-state index contributed by atoms with van der Waals surface area (Å²) in [6.45, 7) is 8.99. The summed E-state index contributed by atoms with van der Waals surface area (Å²) in [7, 11) is 3.37. The second-order valence-electron chi connectivity index (χ2n) is 5.72. The number of amides is 2. The second kappa shape index (κ2) is 6.34. The SMILES string of the molecule is CC(NC(=O)C(C)(C)N1CCNCC1)C(=O)N(C)C. The molecule has 1 heterocycles. The van der Waals surface area contributed by atoms with Crippen LogP contribution in [0.4, 0.5) is 0 Å². The van der Waals surface area contributed by atoms with Gasteiger partial charge in [-0.15, -0.1) is 0 Å². The summed E-state index contributed by atoms with van der Waals surface area (Å²) in [6.07, 6.45) is 0. The number of carbonyl (C=O) groups excluding carboxylic acids is 2. The molecular weight excluding hydrogens is 244 g/mol. The minimum Gasteiger partial charge on any atom is -0.347 e. The predicted octanol–water partition coefficient (Wildman–Crippen LogP) is -0.737. The Morgan fingerprint density at radius 2 is 1.79 bits per heavy atom. The predicted molar refractivity (Wildman–Crippen MR) is 74.8 cm³/mol. The molecule has 1 fully saturated rings. The zero-order valence-electron chi connectivity index (χ0n) is 12.6. The second-order valence-corrected chi connectivity index (χ2v) is 5.72. The van der Waals surface area contributed by atoms with Gasteiger partial charge in [0, 0.05) is 40.3 Å². The maximum absolute atomic E-state index is 12.4. The van der Waals surface area contributed by atoms with Gasteiger partial charge in [0.05, 0.1) is 5.54 Å². The Morgan fingerprint density at radius 3 is 2.26 bits per heavy atom. The van der Waals surface area contributed by atoms with Crippen molar-refractivity contribution in [2.75, 3.05) is 40.3 Å². The molecule has 2 amide bonds. The summed E-state index contributed by atoms with van der Waals surface area (Å²) in [6, 6.07) is -0.496. The van der Waals surface area contributed by atoms with E-state index >= 15 is 0 Å². The first-order valence-corrected chi connectivity index (χ1v) is 6.74. The van der Waals surface area contributed by atoms with E-state index in [1.807, 2.05) is 13.8 Å². The summed E-state index contributed by atoms with van der Waals surface area (Å²) in [4.78, 5) is 27.8. The van der Waals surface area contributed by atoms with Gasteiger partial charge in [-0.05, 0) is 20.8 Å². The van der Waals surface area contributed by atoms with Crippen LogP contribution in [-0.4, -0.2) is 73.5 Å². The first-order chi connectivity index (χ1) is 8.76. The van der Waals surface area contributed by atoms with Crippen molar-refractivity contribution in [2.24, 2.45) is 0 Å². The Labute approximate surface area is 115 Å². The lowest BCUT2D eigenvalue weighted by Gasteiger charge is -2.40. The third-order valence-corrected chi connectivity index (χ3v) is 3.62. The van der Waals surface area contributed by atoms with Crippen molar-refractivity contribution in [1.82, 2.24) is 20.4 Å². The smallest absolute Gasteiger partial charge is 0.244 e. The van der Waals surface area contributed by atoms with Crippen molar-refractivity contribution >= 4 is 11.8 Å². The number of nitrogens with one attached hydrogen (secondary N) is 2. The van der Waals surface area contributed by atoms with Crippen molar-refractivity contribution in [3.05, 3.63) is 0 Å². The molecule has 19 heavy (non-hydrogen) atoms. The highest BCUT2D eigenvalue weighted by molar-refractivity contribution is 5.91. The van der Waals surface area contributed by atoms with Crippen LogP contribution in [0, 0.1) is 0 Å². The standard InChI is InChI=1S/C13H26N4O2/c1-10(11(18)16(4)5)15-12(19)13(2,3)17-8-6-14-7-9-17/h10,14H,6-9H2,1-5H3,(H,15,19). The molecule has 1 atom stereocenters. The first-order valence-electron chi connectivity index (χ1n) is 6.74. The largest absolute Gasteiger partial charge is 0.347 e. The molecule has 1 unspecified atom stereocenters. The Hall–Kier alpha value is -1.14. The average molecular weight is 270 g/mol. The quantitative estimate of drug-likeness (QED) is 0.706. The highest BCUT2D eigenvalue weighted by Gasteiger charge is 2.36. The molecule has 1 saturated heterocycles. The molecule has 6 heteroatoms. The Balaban J connectivity index is 2.62. The summed E-state index contributed by atoms with van der Waals surface area (Å²) in [5.41, 5.74) is -0.594. The van der Waals surface area contributed by atoms with Gasteiger partial charge in [0.15, 0.2) is 0 Å². The normalized spacial score (nSPS) is 18.8. The zero-order chi connectivity index (χ0) is 14.6. The molecule has 2 N–H and O–H groups in total. The molecule has 0 bridgehead atoms. The molecule has 0 spiro atoms. The van der Waals surface area contributed by atoms with Gasteiger partial charge in [-0.1, -0.05) is 0 Å². The number of carbonyl (C=O) groups is 2. The van der Waals surface area contributed by atoms with E-state index < -0.39 is 11.6 Å². The van der Waals surface area contributed by atoms with Crippen LogP contribution in [0.5, 0.6) is 0 Å². The van der Waals surface area contributed by atoms with Gasteiger partial charge < -0.3 is 15.5 Å². The van der Waals surface area contributed by atoms with E-state index in [4.69, 9.17) is 0 Å². The van der Waals surface area contributed by atoms with E-state index in [1.54, 1.807) is 21.0 Å². The molecule has 0 aliphatic carbocycles. The maximum Gasteiger partial charge on any atom is 0.244 e. The van der Waals surface area contributed by atoms with Crippen LogP contribution in [-0.2, 0) is 9.59 Å². The number of nitrogens with zero attached hydrogens (tertiary/aromatic N) is 2. The highest BCUT2D eigenvalue weighted by atomic mass is 16.2. The first kappa shape index (κ1) is 15.9.